The summed E-state index contributed by atoms with van der Waals surface area (Å²) in [4.78, 5) is 2.47. The zero-order chi connectivity index (χ0) is 10.2. The van der Waals surface area contributed by atoms with E-state index in [1.165, 1.54) is 25.8 Å². The number of nitrogens with zero attached hydrogens (tertiary/aromatic N) is 1. The van der Waals surface area contributed by atoms with Crippen LogP contribution < -0.4 is 5.32 Å². The quantitative estimate of drug-likeness (QED) is 0.538. The Kier molecular flexibility index (Phi) is 5.66. The molecule has 80 valence electrons. The molecule has 0 aromatic carbocycles. The van der Waals surface area contributed by atoms with Gasteiger partial charge in [0.2, 0.25) is 0 Å². The fourth-order valence-corrected chi connectivity index (χ4v) is 1.95. The van der Waals surface area contributed by atoms with E-state index in [1.54, 1.807) is 0 Å². The van der Waals surface area contributed by atoms with Crippen molar-refractivity contribution in [2.75, 3.05) is 26.7 Å². The van der Waals surface area contributed by atoms with Crippen molar-refractivity contribution in [1.29, 1.82) is 0 Å². The maximum Gasteiger partial charge on any atom is 0.0217 e. The molecule has 0 spiro atoms. The van der Waals surface area contributed by atoms with Gasteiger partial charge in [-0.25, -0.2) is 0 Å². The largest absolute Gasteiger partial charge is 0.314 e. The molecule has 2 nitrogen and oxygen atoms in total. The molecule has 0 radical (unpaired) electrons. The third-order valence-corrected chi connectivity index (χ3v) is 2.91. The summed E-state index contributed by atoms with van der Waals surface area (Å²) in [5.41, 5.74) is 0. The van der Waals surface area contributed by atoms with Crippen LogP contribution in [-0.4, -0.2) is 37.6 Å². The highest BCUT2D eigenvalue weighted by Crippen LogP contribution is 2.13. The zero-order valence-electron chi connectivity index (χ0n) is 9.47. The van der Waals surface area contributed by atoms with Gasteiger partial charge in [-0.2, -0.15) is 0 Å². The van der Waals surface area contributed by atoms with Crippen LogP contribution in [0.1, 0.15) is 32.6 Å². The topological polar surface area (TPSA) is 15.3 Å². The third-order valence-electron chi connectivity index (χ3n) is 2.91. The van der Waals surface area contributed by atoms with Crippen molar-refractivity contribution < 1.29 is 0 Å². The lowest BCUT2D eigenvalue weighted by Gasteiger charge is -2.32. The zero-order valence-corrected chi connectivity index (χ0v) is 9.47. The normalized spacial score (nSPS) is 22.9. The van der Waals surface area contributed by atoms with Crippen LogP contribution in [0.3, 0.4) is 0 Å². The fourth-order valence-electron chi connectivity index (χ4n) is 1.95. The van der Waals surface area contributed by atoms with E-state index in [2.05, 4.69) is 29.1 Å². The van der Waals surface area contributed by atoms with Crippen LogP contribution in [0.5, 0.6) is 0 Å². The number of nitrogens with one attached hydrogen (secondary N) is 1. The van der Waals surface area contributed by atoms with E-state index in [0.29, 0.717) is 0 Å². The van der Waals surface area contributed by atoms with Gasteiger partial charge >= 0.3 is 0 Å². The average Bonchev–Trinajstić information content (AvgIpc) is 2.20. The van der Waals surface area contributed by atoms with Crippen molar-refractivity contribution in [2.45, 2.75) is 38.6 Å². The van der Waals surface area contributed by atoms with E-state index in [9.17, 15) is 0 Å². The van der Waals surface area contributed by atoms with Crippen LogP contribution in [0, 0.1) is 11.8 Å². The second-order valence-electron chi connectivity index (χ2n) is 4.01. The highest BCUT2D eigenvalue weighted by atomic mass is 15.2. The number of rotatable bonds is 4. The van der Waals surface area contributed by atoms with Gasteiger partial charge < -0.3 is 10.2 Å². The van der Waals surface area contributed by atoms with E-state index in [0.717, 1.165) is 25.6 Å². The molecule has 0 aliphatic carbocycles. The first kappa shape index (κ1) is 11.6. The highest BCUT2D eigenvalue weighted by Gasteiger charge is 2.17. The lowest BCUT2D eigenvalue weighted by atomic mass is 10.0. The molecule has 1 unspecified atom stereocenters. The van der Waals surface area contributed by atoms with Crippen molar-refractivity contribution in [3.63, 3.8) is 0 Å². The van der Waals surface area contributed by atoms with E-state index in [1.807, 2.05) is 6.92 Å². The molecule has 1 aliphatic heterocycles. The second kappa shape index (κ2) is 6.86. The van der Waals surface area contributed by atoms with Crippen LogP contribution in [0.15, 0.2) is 0 Å². The van der Waals surface area contributed by atoms with E-state index in [4.69, 9.17) is 0 Å². The number of hydrogen-bond acceptors (Lipinski definition) is 2. The highest BCUT2D eigenvalue weighted by molar-refractivity contribution is 4.95. The fraction of sp³-hybridized carbons (Fsp3) is 0.833. The van der Waals surface area contributed by atoms with Crippen molar-refractivity contribution in [3.8, 4) is 11.8 Å². The average molecular weight is 194 g/mol. The minimum absolute atomic E-state index is 0.748. The van der Waals surface area contributed by atoms with E-state index < -0.39 is 0 Å². The van der Waals surface area contributed by atoms with Gasteiger partial charge in [0.05, 0.1) is 0 Å². The molecule has 1 rings (SSSR count). The molecule has 0 amide bonds. The molecule has 0 aromatic heterocycles. The molecule has 1 N–H and O–H groups in total. The Bertz CT molecular complexity index is 202. The molecule has 1 fully saturated rings. The molecular formula is C12H22N2. The summed E-state index contributed by atoms with van der Waals surface area (Å²) in [6.45, 7) is 5.32. The lowest BCUT2D eigenvalue weighted by Crippen LogP contribution is -2.43. The standard InChI is InChI=1S/C12H22N2/c1-3-4-6-9-13-11-12-8-5-7-10-14(12)2/h12-13H,5-11H2,1-2H3. The lowest BCUT2D eigenvalue weighted by molar-refractivity contribution is 0.182. The molecule has 1 heterocycles. The Labute approximate surface area is 88.1 Å². The van der Waals surface area contributed by atoms with Crippen LogP contribution >= 0.6 is 0 Å². The molecule has 1 saturated heterocycles. The number of hydrogen-bond donors (Lipinski definition) is 1. The number of likely N-dealkylation sites (N-methyl/N-ethyl adjacent to an activating group) is 1. The minimum atomic E-state index is 0.748. The first-order chi connectivity index (χ1) is 6.84. The molecule has 1 aliphatic rings. The Balaban J connectivity index is 2.06. The molecule has 1 atom stereocenters. The second-order valence-corrected chi connectivity index (χ2v) is 4.01. The molecule has 14 heavy (non-hydrogen) atoms. The first-order valence-corrected chi connectivity index (χ1v) is 5.65. The summed E-state index contributed by atoms with van der Waals surface area (Å²) in [7, 11) is 2.23. The van der Waals surface area contributed by atoms with Gasteiger partial charge in [-0.05, 0) is 33.4 Å². The smallest absolute Gasteiger partial charge is 0.0217 e. The van der Waals surface area contributed by atoms with Gasteiger partial charge in [0, 0.05) is 25.6 Å². The van der Waals surface area contributed by atoms with Crippen molar-refractivity contribution in [3.05, 3.63) is 0 Å². The summed E-state index contributed by atoms with van der Waals surface area (Å²) in [5, 5.41) is 3.48. The van der Waals surface area contributed by atoms with Gasteiger partial charge in [-0.15, -0.1) is 11.8 Å². The summed E-state index contributed by atoms with van der Waals surface area (Å²) in [6, 6.07) is 0.748. The summed E-state index contributed by atoms with van der Waals surface area (Å²) in [6.07, 6.45) is 5.09. The van der Waals surface area contributed by atoms with Crippen LogP contribution in [-0.2, 0) is 0 Å². The maximum atomic E-state index is 3.48. The molecule has 0 saturated carbocycles. The van der Waals surface area contributed by atoms with Crippen molar-refractivity contribution in [1.82, 2.24) is 10.2 Å². The van der Waals surface area contributed by atoms with Crippen LogP contribution in [0.2, 0.25) is 0 Å². The Morgan fingerprint density at radius 3 is 3.00 bits per heavy atom. The van der Waals surface area contributed by atoms with Crippen LogP contribution in [0.4, 0.5) is 0 Å². The Morgan fingerprint density at radius 2 is 2.29 bits per heavy atom. The SMILES string of the molecule is CC#CCCNCC1CCCCN1C. The van der Waals surface area contributed by atoms with E-state index >= 15 is 0 Å². The Morgan fingerprint density at radius 1 is 1.43 bits per heavy atom. The summed E-state index contributed by atoms with van der Waals surface area (Å²) >= 11 is 0. The maximum absolute atomic E-state index is 3.48. The summed E-state index contributed by atoms with van der Waals surface area (Å²) in [5.74, 6) is 5.99. The number of likely N-dealkylation sites (tertiary alicyclic amines) is 1. The van der Waals surface area contributed by atoms with E-state index in [-0.39, 0.29) is 0 Å². The first-order valence-electron chi connectivity index (χ1n) is 5.65. The predicted molar refractivity (Wildman–Crippen MR) is 61.2 cm³/mol. The third kappa shape index (κ3) is 4.13. The van der Waals surface area contributed by atoms with Crippen molar-refractivity contribution in [2.24, 2.45) is 0 Å². The van der Waals surface area contributed by atoms with Crippen molar-refractivity contribution >= 4 is 0 Å². The molecule has 0 bridgehead atoms. The molecule has 2 heteroatoms. The monoisotopic (exact) mass is 194 g/mol. The molecular weight excluding hydrogens is 172 g/mol. The van der Waals surface area contributed by atoms with Gasteiger partial charge in [0.25, 0.3) is 0 Å². The predicted octanol–water partition coefficient (Wildman–Crippen LogP) is 1.47. The van der Waals surface area contributed by atoms with Gasteiger partial charge in [-0.3, -0.25) is 0 Å². The summed E-state index contributed by atoms with van der Waals surface area (Å²) < 4.78 is 0. The Hall–Kier alpha value is -0.520. The van der Waals surface area contributed by atoms with Crippen LogP contribution in [0.25, 0.3) is 0 Å². The van der Waals surface area contributed by atoms with Gasteiger partial charge in [-0.1, -0.05) is 6.42 Å². The minimum Gasteiger partial charge on any atom is -0.314 e. The number of piperidine rings is 1. The van der Waals surface area contributed by atoms with Gasteiger partial charge in [0.1, 0.15) is 0 Å². The van der Waals surface area contributed by atoms with Gasteiger partial charge in [0.15, 0.2) is 0 Å². The molecule has 0 aromatic rings.